The molecule has 1 saturated heterocycles. The molecule has 21 heavy (non-hydrogen) atoms. The maximum atomic E-state index is 12.4. The van der Waals surface area contributed by atoms with Crippen molar-refractivity contribution in [2.45, 2.75) is 17.1 Å². The van der Waals surface area contributed by atoms with E-state index < -0.39 is 27.9 Å². The second-order valence-corrected chi connectivity index (χ2v) is 7.74. The highest BCUT2D eigenvalue weighted by Gasteiger charge is 2.33. The SMILES string of the molecule is COC(=O)c1csc(S(=O)(=O)N2CCC(C(=O)O)CC2)c1. The molecule has 116 valence electrons. The van der Waals surface area contributed by atoms with Crippen LogP contribution in [0.3, 0.4) is 0 Å². The Morgan fingerprint density at radius 1 is 1.38 bits per heavy atom. The van der Waals surface area contributed by atoms with Crippen LogP contribution in [0.1, 0.15) is 23.2 Å². The zero-order chi connectivity index (χ0) is 15.6. The lowest BCUT2D eigenvalue weighted by atomic mass is 9.99. The van der Waals surface area contributed by atoms with Crippen LogP contribution in [-0.2, 0) is 19.6 Å². The summed E-state index contributed by atoms with van der Waals surface area (Å²) in [7, 11) is -2.45. The van der Waals surface area contributed by atoms with Gasteiger partial charge in [-0.05, 0) is 18.9 Å². The van der Waals surface area contributed by atoms with Gasteiger partial charge in [-0.1, -0.05) is 0 Å². The van der Waals surface area contributed by atoms with Crippen LogP contribution in [0.2, 0.25) is 0 Å². The van der Waals surface area contributed by atoms with Crippen molar-refractivity contribution in [1.82, 2.24) is 4.31 Å². The molecule has 0 amide bonds. The first-order chi connectivity index (χ1) is 9.86. The molecule has 0 aromatic carbocycles. The first-order valence-electron chi connectivity index (χ1n) is 6.26. The van der Waals surface area contributed by atoms with E-state index in [1.54, 1.807) is 0 Å². The van der Waals surface area contributed by atoms with Crippen LogP contribution in [-0.4, -0.2) is 50.0 Å². The van der Waals surface area contributed by atoms with Crippen molar-refractivity contribution >= 4 is 33.3 Å². The van der Waals surface area contributed by atoms with E-state index in [-0.39, 0.29) is 22.9 Å². The number of ether oxygens (including phenoxy) is 1. The highest BCUT2D eigenvalue weighted by molar-refractivity contribution is 7.91. The smallest absolute Gasteiger partial charge is 0.338 e. The average molecular weight is 333 g/mol. The van der Waals surface area contributed by atoms with Gasteiger partial charge in [0.2, 0.25) is 0 Å². The number of rotatable bonds is 4. The number of hydrogen-bond donors (Lipinski definition) is 1. The van der Waals surface area contributed by atoms with Crippen molar-refractivity contribution in [3.63, 3.8) is 0 Å². The average Bonchev–Trinajstić information content (AvgIpc) is 2.97. The van der Waals surface area contributed by atoms with Gasteiger partial charge in [0.05, 0.1) is 18.6 Å². The summed E-state index contributed by atoms with van der Waals surface area (Å²) in [6, 6.07) is 1.29. The molecule has 0 saturated carbocycles. The molecule has 1 fully saturated rings. The topological polar surface area (TPSA) is 101 Å². The number of methoxy groups -OCH3 is 1. The summed E-state index contributed by atoms with van der Waals surface area (Å²) in [5.74, 6) is -1.97. The zero-order valence-electron chi connectivity index (χ0n) is 11.3. The van der Waals surface area contributed by atoms with Gasteiger partial charge in [-0.15, -0.1) is 11.3 Å². The molecule has 0 unspecified atom stereocenters. The van der Waals surface area contributed by atoms with E-state index in [0.717, 1.165) is 11.3 Å². The van der Waals surface area contributed by atoms with Crippen LogP contribution in [0.25, 0.3) is 0 Å². The Bertz CT molecular complexity index is 642. The van der Waals surface area contributed by atoms with E-state index in [2.05, 4.69) is 4.74 Å². The maximum Gasteiger partial charge on any atom is 0.338 e. The molecule has 1 aliphatic heterocycles. The molecule has 2 heterocycles. The number of hydrogen-bond acceptors (Lipinski definition) is 6. The van der Waals surface area contributed by atoms with Crippen LogP contribution in [0.4, 0.5) is 0 Å². The standard InChI is InChI=1S/C12H15NO6S2/c1-19-12(16)9-6-10(20-7-9)21(17,18)13-4-2-8(3-5-13)11(14)15/h6-8H,2-5H2,1H3,(H,14,15). The molecule has 1 N–H and O–H groups in total. The lowest BCUT2D eigenvalue weighted by Crippen LogP contribution is -2.39. The molecule has 2 rings (SSSR count). The van der Waals surface area contributed by atoms with E-state index in [1.165, 1.54) is 22.9 Å². The highest BCUT2D eigenvalue weighted by atomic mass is 32.2. The molecule has 1 aromatic heterocycles. The third-order valence-corrected chi connectivity index (χ3v) is 6.71. The first-order valence-corrected chi connectivity index (χ1v) is 8.58. The molecular weight excluding hydrogens is 318 g/mol. The van der Waals surface area contributed by atoms with E-state index >= 15 is 0 Å². The number of carbonyl (C=O) groups excluding carboxylic acids is 1. The Morgan fingerprint density at radius 2 is 2.00 bits per heavy atom. The van der Waals surface area contributed by atoms with Crippen molar-refractivity contribution in [3.05, 3.63) is 17.0 Å². The molecular formula is C12H15NO6S2. The summed E-state index contributed by atoms with van der Waals surface area (Å²) in [4.78, 5) is 22.2. The Balaban J connectivity index is 2.14. The largest absolute Gasteiger partial charge is 0.481 e. The fourth-order valence-electron chi connectivity index (χ4n) is 2.15. The number of aliphatic carboxylic acids is 1. The number of sulfonamides is 1. The third kappa shape index (κ3) is 3.25. The molecule has 9 heteroatoms. The van der Waals surface area contributed by atoms with Gasteiger partial charge in [0.15, 0.2) is 0 Å². The Kier molecular flexibility index (Phi) is 4.64. The summed E-state index contributed by atoms with van der Waals surface area (Å²) < 4.78 is 30.7. The summed E-state index contributed by atoms with van der Waals surface area (Å²) in [6.07, 6.45) is 0.591. The number of carbonyl (C=O) groups is 2. The highest BCUT2D eigenvalue weighted by Crippen LogP contribution is 2.28. The van der Waals surface area contributed by atoms with E-state index in [9.17, 15) is 18.0 Å². The minimum absolute atomic E-state index is 0.0664. The minimum Gasteiger partial charge on any atom is -0.481 e. The Hall–Kier alpha value is -1.45. The van der Waals surface area contributed by atoms with E-state index in [0.29, 0.717) is 12.8 Å². The van der Waals surface area contributed by atoms with Gasteiger partial charge < -0.3 is 9.84 Å². The van der Waals surface area contributed by atoms with Crippen molar-refractivity contribution in [2.24, 2.45) is 5.92 Å². The van der Waals surface area contributed by atoms with Crippen LogP contribution in [0.5, 0.6) is 0 Å². The monoisotopic (exact) mass is 333 g/mol. The summed E-state index contributed by atoms with van der Waals surface area (Å²) in [5.41, 5.74) is 0.196. The second-order valence-electron chi connectivity index (χ2n) is 4.66. The summed E-state index contributed by atoms with van der Waals surface area (Å²) >= 11 is 0.954. The predicted molar refractivity (Wildman–Crippen MR) is 74.8 cm³/mol. The van der Waals surface area contributed by atoms with Crippen LogP contribution in [0.15, 0.2) is 15.7 Å². The number of carboxylic acid groups (broad SMARTS) is 1. The lowest BCUT2D eigenvalue weighted by molar-refractivity contribution is -0.142. The van der Waals surface area contributed by atoms with Gasteiger partial charge in [-0.2, -0.15) is 4.31 Å². The van der Waals surface area contributed by atoms with Gasteiger partial charge in [-0.3, -0.25) is 4.79 Å². The molecule has 1 aliphatic rings. The van der Waals surface area contributed by atoms with Gasteiger partial charge in [-0.25, -0.2) is 13.2 Å². The van der Waals surface area contributed by atoms with Crippen LogP contribution < -0.4 is 0 Å². The minimum atomic E-state index is -3.68. The quantitative estimate of drug-likeness (QED) is 0.826. The number of nitrogens with zero attached hydrogens (tertiary/aromatic N) is 1. The summed E-state index contributed by atoms with van der Waals surface area (Å²) in [5, 5.41) is 10.4. The summed E-state index contributed by atoms with van der Waals surface area (Å²) in [6.45, 7) is 0.343. The normalized spacial score (nSPS) is 17.6. The zero-order valence-corrected chi connectivity index (χ0v) is 12.9. The molecule has 0 bridgehead atoms. The van der Waals surface area contributed by atoms with E-state index in [1.807, 2.05) is 0 Å². The van der Waals surface area contributed by atoms with Crippen LogP contribution in [0, 0.1) is 5.92 Å². The number of esters is 1. The number of piperidine rings is 1. The fraction of sp³-hybridized carbons (Fsp3) is 0.500. The Labute approximate surface area is 126 Å². The predicted octanol–water partition coefficient (Wildman–Crippen LogP) is 1.02. The molecule has 0 radical (unpaired) electrons. The first kappa shape index (κ1) is 15.9. The lowest BCUT2D eigenvalue weighted by Gasteiger charge is -2.28. The van der Waals surface area contributed by atoms with Crippen molar-refractivity contribution in [1.29, 1.82) is 0 Å². The van der Waals surface area contributed by atoms with Crippen molar-refractivity contribution < 1.29 is 27.9 Å². The molecule has 0 atom stereocenters. The molecule has 7 nitrogen and oxygen atoms in total. The van der Waals surface area contributed by atoms with Gasteiger partial charge >= 0.3 is 11.9 Å². The molecule has 0 aliphatic carbocycles. The van der Waals surface area contributed by atoms with Gasteiger partial charge in [0.25, 0.3) is 10.0 Å². The molecule has 0 spiro atoms. The Morgan fingerprint density at radius 3 is 2.52 bits per heavy atom. The van der Waals surface area contributed by atoms with Gasteiger partial charge in [0.1, 0.15) is 4.21 Å². The fourth-order valence-corrected chi connectivity index (χ4v) is 4.92. The van der Waals surface area contributed by atoms with Crippen molar-refractivity contribution in [3.8, 4) is 0 Å². The number of thiophene rings is 1. The maximum absolute atomic E-state index is 12.4. The van der Waals surface area contributed by atoms with Crippen molar-refractivity contribution in [2.75, 3.05) is 20.2 Å². The van der Waals surface area contributed by atoms with Crippen LogP contribution >= 0.6 is 11.3 Å². The van der Waals surface area contributed by atoms with Gasteiger partial charge in [0, 0.05) is 18.5 Å². The van der Waals surface area contributed by atoms with E-state index in [4.69, 9.17) is 5.11 Å². The second kappa shape index (κ2) is 6.12. The third-order valence-electron chi connectivity index (χ3n) is 3.39. The molecule has 1 aromatic rings. The number of carboxylic acids is 1.